The van der Waals surface area contributed by atoms with Crippen LogP contribution in [-0.2, 0) is 37.4 Å². The van der Waals surface area contributed by atoms with Gasteiger partial charge in [-0.05, 0) is 12.8 Å². The van der Waals surface area contributed by atoms with Crippen molar-refractivity contribution in [3.63, 3.8) is 0 Å². The second-order valence-electron chi connectivity index (χ2n) is 14.0. The molecule has 12 heteroatoms. The van der Waals surface area contributed by atoms with E-state index in [0.717, 1.165) is 39.2 Å². The Labute approximate surface area is 311 Å². The number of esters is 2. The van der Waals surface area contributed by atoms with Gasteiger partial charge in [0.05, 0.1) is 13.2 Å². The van der Waals surface area contributed by atoms with Crippen LogP contribution < -0.4 is 0 Å². The lowest BCUT2D eigenvalue weighted by Gasteiger charge is -2.21. The number of carbonyl (C=O) groups is 2. The fourth-order valence-corrected chi connectivity index (χ4v) is 6.55. The minimum Gasteiger partial charge on any atom is -0.462 e. The molecule has 51 heavy (non-hydrogen) atoms. The zero-order valence-corrected chi connectivity index (χ0v) is 33.7. The first-order valence-corrected chi connectivity index (χ1v) is 22.1. The first-order chi connectivity index (χ1) is 24.8. The number of hydrogen-bond acceptors (Lipinski definition) is 10. The van der Waals surface area contributed by atoms with Crippen LogP contribution >= 0.6 is 7.82 Å². The van der Waals surface area contributed by atoms with Crippen molar-refractivity contribution in [3.8, 4) is 0 Å². The number of nitroso groups, excluding NO2 is 1. The molecule has 0 fully saturated rings. The number of rotatable bonds is 40. The summed E-state index contributed by atoms with van der Waals surface area (Å²) in [6.07, 6.45) is 30.1. The van der Waals surface area contributed by atoms with Gasteiger partial charge in [-0.3, -0.25) is 18.6 Å². The van der Waals surface area contributed by atoms with E-state index in [1.54, 1.807) is 0 Å². The number of carbonyl (C=O) groups excluding carboxylic acids is 2. The van der Waals surface area contributed by atoms with E-state index in [4.69, 9.17) is 18.7 Å². The maximum atomic E-state index is 12.6. The maximum Gasteiger partial charge on any atom is 0.472 e. The van der Waals surface area contributed by atoms with Crippen molar-refractivity contribution in [1.29, 1.82) is 0 Å². The van der Waals surface area contributed by atoms with Crippen LogP contribution in [-0.4, -0.2) is 62.5 Å². The Kier molecular flexibility index (Phi) is 35.9. The number of hydrogen-bond donors (Lipinski definition) is 1. The van der Waals surface area contributed by atoms with Crippen molar-refractivity contribution in [2.45, 2.75) is 206 Å². The summed E-state index contributed by atoms with van der Waals surface area (Å²) in [5.74, 6) is -0.760. The van der Waals surface area contributed by atoms with Crippen molar-refractivity contribution in [2.75, 3.05) is 33.5 Å². The van der Waals surface area contributed by atoms with Crippen molar-refractivity contribution >= 4 is 19.8 Å². The highest BCUT2D eigenvalue weighted by molar-refractivity contribution is 7.47. The number of phosphoric acid groups is 1. The molecule has 0 bridgehead atoms. The maximum absolute atomic E-state index is 12.6. The molecule has 0 saturated heterocycles. The van der Waals surface area contributed by atoms with Gasteiger partial charge in [-0.2, -0.15) is 4.91 Å². The second kappa shape index (κ2) is 36.9. The normalized spacial score (nSPS) is 13.8. The third kappa shape index (κ3) is 35.4. The first-order valence-electron chi connectivity index (χ1n) is 20.6. The third-order valence-corrected chi connectivity index (χ3v) is 10.1. The highest BCUT2D eigenvalue weighted by atomic mass is 31.2. The molecular weight excluding hydrogens is 673 g/mol. The van der Waals surface area contributed by atoms with Gasteiger partial charge >= 0.3 is 19.8 Å². The Morgan fingerprint density at radius 1 is 0.569 bits per heavy atom. The zero-order chi connectivity index (χ0) is 37.7. The van der Waals surface area contributed by atoms with Gasteiger partial charge in [0.1, 0.15) is 19.3 Å². The highest BCUT2D eigenvalue weighted by Gasteiger charge is 2.26. The van der Waals surface area contributed by atoms with Gasteiger partial charge in [-0.15, -0.1) is 0 Å². The molecule has 0 aliphatic carbocycles. The van der Waals surface area contributed by atoms with E-state index in [0.29, 0.717) is 12.8 Å². The summed E-state index contributed by atoms with van der Waals surface area (Å²) in [7, 11) is -3.36. The first kappa shape index (κ1) is 49.6. The lowest BCUT2D eigenvalue weighted by atomic mass is 10.0. The topological polar surface area (TPSA) is 147 Å². The fourth-order valence-electron chi connectivity index (χ4n) is 5.96. The van der Waals surface area contributed by atoms with Gasteiger partial charge in [-0.1, -0.05) is 173 Å². The molecule has 0 amide bonds. The van der Waals surface area contributed by atoms with Gasteiger partial charge < -0.3 is 19.1 Å². The van der Waals surface area contributed by atoms with Crippen LogP contribution in [0.3, 0.4) is 0 Å². The number of nitrogens with zero attached hydrogens (tertiary/aromatic N) is 1. The van der Waals surface area contributed by atoms with Crippen molar-refractivity contribution in [3.05, 3.63) is 4.91 Å². The van der Waals surface area contributed by atoms with Crippen LogP contribution in [0.1, 0.15) is 194 Å². The monoisotopic (exact) mass is 750 g/mol. The number of ether oxygens (including phenoxy) is 3. The van der Waals surface area contributed by atoms with Crippen molar-refractivity contribution in [1.82, 2.24) is 0 Å². The van der Waals surface area contributed by atoms with Gasteiger partial charge in [-0.25, -0.2) is 4.57 Å². The lowest BCUT2D eigenvalue weighted by molar-refractivity contribution is -0.163. The minimum atomic E-state index is -4.37. The summed E-state index contributed by atoms with van der Waals surface area (Å²) >= 11 is 0. The molecule has 302 valence electrons. The lowest BCUT2D eigenvalue weighted by Crippen LogP contribution is -2.32. The highest BCUT2D eigenvalue weighted by Crippen LogP contribution is 2.43. The van der Waals surface area contributed by atoms with E-state index in [1.165, 1.54) is 128 Å². The van der Waals surface area contributed by atoms with Crippen LogP contribution in [0, 0.1) is 4.91 Å². The molecule has 1 N–H and O–H groups in total. The summed E-state index contributed by atoms with van der Waals surface area (Å²) in [5, 5.41) is 2.72. The SMILES string of the molecule is CCCCCCCCCCCCCCCC(=O)OCC(COCC(CN=O)OP(=O)(O)OC)OC(=O)CCCCCCCCCCCCCCC. The molecule has 0 aromatic heterocycles. The molecule has 11 nitrogen and oxygen atoms in total. The average molecular weight is 750 g/mol. The summed E-state index contributed by atoms with van der Waals surface area (Å²) < 4.78 is 37.7. The zero-order valence-electron chi connectivity index (χ0n) is 32.8. The van der Waals surface area contributed by atoms with Crippen LogP contribution in [0.15, 0.2) is 5.18 Å². The molecule has 0 heterocycles. The molecule has 0 aliphatic rings. The minimum absolute atomic E-state index is 0.155. The molecular formula is C39H76NO10P. The van der Waals surface area contributed by atoms with E-state index >= 15 is 0 Å². The smallest absolute Gasteiger partial charge is 0.462 e. The average Bonchev–Trinajstić information content (AvgIpc) is 3.11. The van der Waals surface area contributed by atoms with Gasteiger partial charge in [0, 0.05) is 20.0 Å². The van der Waals surface area contributed by atoms with Gasteiger partial charge in [0.15, 0.2) is 6.10 Å². The Morgan fingerprint density at radius 3 is 1.33 bits per heavy atom. The van der Waals surface area contributed by atoms with E-state index in [2.05, 4.69) is 23.5 Å². The Balaban J connectivity index is 4.43. The predicted octanol–water partition coefficient (Wildman–Crippen LogP) is 11.3. The summed E-state index contributed by atoms with van der Waals surface area (Å²) in [5.41, 5.74) is 0. The third-order valence-electron chi connectivity index (χ3n) is 9.10. The van der Waals surface area contributed by atoms with Gasteiger partial charge in [0.2, 0.25) is 0 Å². The molecule has 0 radical (unpaired) electrons. The van der Waals surface area contributed by atoms with E-state index in [9.17, 15) is 24.0 Å². The molecule has 0 saturated carbocycles. The Morgan fingerprint density at radius 2 is 0.941 bits per heavy atom. The van der Waals surface area contributed by atoms with Crippen molar-refractivity contribution < 1.29 is 42.3 Å². The standard InChI is InChI=1S/C39H76NO10P/c1-4-6-8-10-12-14-16-18-20-22-24-26-28-30-38(41)48-35-37(34-47-33-36(32-40-43)50-51(44,45)46-3)49-39(42)31-29-27-25-23-21-19-17-15-13-11-9-7-5-2/h36-37H,4-35H2,1-3H3,(H,44,45). The second-order valence-corrected chi connectivity index (χ2v) is 15.5. The van der Waals surface area contributed by atoms with Crippen LogP contribution in [0.5, 0.6) is 0 Å². The van der Waals surface area contributed by atoms with Crippen molar-refractivity contribution in [2.24, 2.45) is 5.18 Å². The van der Waals surface area contributed by atoms with Crippen LogP contribution in [0.25, 0.3) is 0 Å². The largest absolute Gasteiger partial charge is 0.472 e. The van der Waals surface area contributed by atoms with E-state index in [-0.39, 0.29) is 32.2 Å². The molecule has 0 aromatic rings. The Bertz CT molecular complexity index is 862. The van der Waals surface area contributed by atoms with Gasteiger partial charge in [0.25, 0.3) is 0 Å². The summed E-state index contributed by atoms with van der Waals surface area (Å²) in [4.78, 5) is 45.5. The number of unbranched alkanes of at least 4 members (excludes halogenated alkanes) is 24. The van der Waals surface area contributed by atoms with E-state index in [1.807, 2.05) is 0 Å². The quantitative estimate of drug-likeness (QED) is 0.0278. The summed E-state index contributed by atoms with van der Waals surface area (Å²) in [6.45, 7) is 3.44. The number of phosphoric ester groups is 1. The molecule has 0 aromatic carbocycles. The molecule has 3 unspecified atom stereocenters. The molecule has 0 aliphatic heterocycles. The summed E-state index contributed by atoms with van der Waals surface area (Å²) in [6, 6.07) is 0. The van der Waals surface area contributed by atoms with Crippen LogP contribution in [0.4, 0.5) is 0 Å². The molecule has 0 spiro atoms. The molecule has 0 rings (SSSR count). The van der Waals surface area contributed by atoms with Crippen LogP contribution in [0.2, 0.25) is 0 Å². The molecule has 3 atom stereocenters. The predicted molar refractivity (Wildman–Crippen MR) is 205 cm³/mol. The van der Waals surface area contributed by atoms with E-state index < -0.39 is 32.5 Å². The Hall–Kier alpha value is -1.39. The fraction of sp³-hybridized carbons (Fsp3) is 0.949.